The molecule has 0 saturated carbocycles. The van der Waals surface area contributed by atoms with Crippen molar-refractivity contribution in [1.82, 2.24) is 9.47 Å². The number of hydrogen-bond donors (Lipinski definition) is 0. The largest absolute Gasteiger partial charge is 0.338 e. The molecule has 0 unspecified atom stereocenters. The van der Waals surface area contributed by atoms with Crippen molar-refractivity contribution in [3.05, 3.63) is 33.2 Å². The standard InChI is InChI=1S/C12H16N2O2.C2H6/c1-8-6-10-7-14(9(2)15)5-4-11(10)13(3)12(8)16;1-2/h6H,4-5,7H2,1-3H3;1-2H3. The first-order valence-corrected chi connectivity index (χ1v) is 6.44. The van der Waals surface area contributed by atoms with E-state index in [-0.39, 0.29) is 11.5 Å². The van der Waals surface area contributed by atoms with Crippen molar-refractivity contribution in [3.63, 3.8) is 0 Å². The molecule has 0 spiro atoms. The molecule has 0 radical (unpaired) electrons. The maximum Gasteiger partial charge on any atom is 0.253 e. The Bertz CT molecular complexity index is 503. The second kappa shape index (κ2) is 5.85. The van der Waals surface area contributed by atoms with Gasteiger partial charge in [-0.25, -0.2) is 0 Å². The lowest BCUT2D eigenvalue weighted by Gasteiger charge is -2.29. The van der Waals surface area contributed by atoms with E-state index in [9.17, 15) is 9.59 Å². The molecule has 1 aliphatic rings. The summed E-state index contributed by atoms with van der Waals surface area (Å²) in [4.78, 5) is 24.9. The molecule has 2 heterocycles. The van der Waals surface area contributed by atoms with Gasteiger partial charge in [0, 0.05) is 44.7 Å². The summed E-state index contributed by atoms with van der Waals surface area (Å²) in [5, 5.41) is 0. The molecular weight excluding hydrogens is 228 g/mol. The summed E-state index contributed by atoms with van der Waals surface area (Å²) in [5.74, 6) is 0.0946. The molecule has 2 rings (SSSR count). The van der Waals surface area contributed by atoms with Crippen LogP contribution in [0.1, 0.15) is 37.6 Å². The summed E-state index contributed by atoms with van der Waals surface area (Å²) in [6.07, 6.45) is 0.765. The summed E-state index contributed by atoms with van der Waals surface area (Å²) >= 11 is 0. The molecule has 1 aromatic rings. The van der Waals surface area contributed by atoms with Crippen LogP contribution in [0.5, 0.6) is 0 Å². The third-order valence-electron chi connectivity index (χ3n) is 3.23. The van der Waals surface area contributed by atoms with Crippen molar-refractivity contribution >= 4 is 5.91 Å². The molecule has 0 bridgehead atoms. The molecule has 4 heteroatoms. The summed E-state index contributed by atoms with van der Waals surface area (Å²) in [6.45, 7) is 8.73. The average molecular weight is 250 g/mol. The van der Waals surface area contributed by atoms with Crippen molar-refractivity contribution in [2.24, 2.45) is 7.05 Å². The van der Waals surface area contributed by atoms with E-state index in [1.165, 1.54) is 0 Å². The monoisotopic (exact) mass is 250 g/mol. The van der Waals surface area contributed by atoms with E-state index in [2.05, 4.69) is 0 Å². The van der Waals surface area contributed by atoms with Crippen LogP contribution in [0.15, 0.2) is 10.9 Å². The van der Waals surface area contributed by atoms with Gasteiger partial charge in [0.2, 0.25) is 5.91 Å². The van der Waals surface area contributed by atoms with Crippen LogP contribution in [0.4, 0.5) is 0 Å². The van der Waals surface area contributed by atoms with Crippen molar-refractivity contribution in [3.8, 4) is 0 Å². The topological polar surface area (TPSA) is 42.3 Å². The summed E-state index contributed by atoms with van der Waals surface area (Å²) in [5.41, 5.74) is 2.97. The lowest BCUT2D eigenvalue weighted by atomic mass is 10.0. The summed E-state index contributed by atoms with van der Waals surface area (Å²) in [6, 6.07) is 1.91. The molecule has 0 aliphatic carbocycles. The molecule has 0 saturated heterocycles. The molecule has 1 aliphatic heterocycles. The van der Waals surface area contributed by atoms with Gasteiger partial charge in [-0.1, -0.05) is 13.8 Å². The number of fused-ring (bicyclic) bond motifs is 1. The Labute approximate surface area is 108 Å². The van der Waals surface area contributed by atoms with Gasteiger partial charge in [-0.2, -0.15) is 0 Å². The van der Waals surface area contributed by atoms with E-state index in [1.807, 2.05) is 31.7 Å². The van der Waals surface area contributed by atoms with E-state index < -0.39 is 0 Å². The minimum absolute atomic E-state index is 0.0648. The maximum absolute atomic E-state index is 11.7. The Kier molecular flexibility index (Phi) is 4.70. The molecule has 1 amide bonds. The van der Waals surface area contributed by atoms with Gasteiger partial charge < -0.3 is 9.47 Å². The number of aromatic nitrogens is 1. The number of hydrogen-bond acceptors (Lipinski definition) is 2. The molecule has 1 aromatic heterocycles. The Morgan fingerprint density at radius 2 is 1.94 bits per heavy atom. The van der Waals surface area contributed by atoms with Crippen molar-refractivity contribution in [2.45, 2.75) is 40.7 Å². The van der Waals surface area contributed by atoms with Gasteiger partial charge in [0.25, 0.3) is 5.56 Å². The lowest BCUT2D eigenvalue weighted by Crippen LogP contribution is -2.37. The molecule has 100 valence electrons. The molecule has 4 nitrogen and oxygen atoms in total. The van der Waals surface area contributed by atoms with E-state index >= 15 is 0 Å². The third-order valence-corrected chi connectivity index (χ3v) is 3.23. The third kappa shape index (κ3) is 2.63. The molecule has 0 N–H and O–H groups in total. The van der Waals surface area contributed by atoms with Gasteiger partial charge >= 0.3 is 0 Å². The Morgan fingerprint density at radius 3 is 2.50 bits per heavy atom. The van der Waals surface area contributed by atoms with E-state index in [0.717, 1.165) is 23.2 Å². The van der Waals surface area contributed by atoms with Crippen LogP contribution >= 0.6 is 0 Å². The Hall–Kier alpha value is -1.58. The summed E-state index contributed by atoms with van der Waals surface area (Å²) < 4.78 is 1.71. The van der Waals surface area contributed by atoms with Gasteiger partial charge in [0.05, 0.1) is 0 Å². The van der Waals surface area contributed by atoms with Crippen molar-refractivity contribution < 1.29 is 4.79 Å². The van der Waals surface area contributed by atoms with Gasteiger partial charge in [0.15, 0.2) is 0 Å². The number of pyridine rings is 1. The average Bonchev–Trinajstić information content (AvgIpc) is 2.38. The minimum atomic E-state index is 0.0648. The van der Waals surface area contributed by atoms with Crippen LogP contribution in [0, 0.1) is 6.92 Å². The molecule has 0 fully saturated rings. The zero-order valence-electron chi connectivity index (χ0n) is 11.9. The highest BCUT2D eigenvalue weighted by Crippen LogP contribution is 2.17. The van der Waals surface area contributed by atoms with E-state index in [4.69, 9.17) is 0 Å². The normalized spacial score (nSPS) is 13.5. The zero-order valence-corrected chi connectivity index (χ0v) is 11.9. The van der Waals surface area contributed by atoms with Gasteiger partial charge in [-0.15, -0.1) is 0 Å². The number of aryl methyl sites for hydroxylation is 1. The first-order valence-electron chi connectivity index (χ1n) is 6.44. The maximum atomic E-state index is 11.7. The second-order valence-electron chi connectivity index (χ2n) is 4.35. The quantitative estimate of drug-likeness (QED) is 0.702. The molecule has 0 atom stereocenters. The fraction of sp³-hybridized carbons (Fsp3) is 0.571. The van der Waals surface area contributed by atoms with Gasteiger partial charge in [0.1, 0.15) is 0 Å². The van der Waals surface area contributed by atoms with Crippen LogP contribution < -0.4 is 5.56 Å². The van der Waals surface area contributed by atoms with E-state index in [1.54, 1.807) is 18.5 Å². The number of amides is 1. The molecule has 0 aromatic carbocycles. The Morgan fingerprint density at radius 1 is 1.33 bits per heavy atom. The second-order valence-corrected chi connectivity index (χ2v) is 4.35. The smallest absolute Gasteiger partial charge is 0.253 e. The highest BCUT2D eigenvalue weighted by Gasteiger charge is 2.20. The van der Waals surface area contributed by atoms with E-state index in [0.29, 0.717) is 13.1 Å². The van der Waals surface area contributed by atoms with Crippen molar-refractivity contribution in [1.29, 1.82) is 0 Å². The predicted molar refractivity (Wildman–Crippen MR) is 72.6 cm³/mol. The van der Waals surface area contributed by atoms with Crippen LogP contribution in [-0.2, 0) is 24.8 Å². The minimum Gasteiger partial charge on any atom is -0.338 e. The van der Waals surface area contributed by atoms with Crippen LogP contribution in [-0.4, -0.2) is 21.9 Å². The highest BCUT2D eigenvalue weighted by atomic mass is 16.2. The fourth-order valence-electron chi connectivity index (χ4n) is 2.27. The highest BCUT2D eigenvalue weighted by molar-refractivity contribution is 5.73. The number of carbonyl (C=O) groups is 1. The first-order chi connectivity index (χ1) is 8.50. The first kappa shape index (κ1) is 14.5. The summed E-state index contributed by atoms with van der Waals surface area (Å²) in [7, 11) is 1.80. The fourth-order valence-corrected chi connectivity index (χ4v) is 2.27. The van der Waals surface area contributed by atoms with Gasteiger partial charge in [-0.05, 0) is 18.6 Å². The Balaban J connectivity index is 0.000000771. The van der Waals surface area contributed by atoms with Crippen LogP contribution in [0.25, 0.3) is 0 Å². The number of rotatable bonds is 0. The predicted octanol–water partition coefficient (Wildman–Crippen LogP) is 1.62. The number of nitrogens with zero attached hydrogens (tertiary/aromatic N) is 2. The van der Waals surface area contributed by atoms with Gasteiger partial charge in [-0.3, -0.25) is 9.59 Å². The molecule has 18 heavy (non-hydrogen) atoms. The van der Waals surface area contributed by atoms with Crippen LogP contribution in [0.2, 0.25) is 0 Å². The zero-order chi connectivity index (χ0) is 13.9. The van der Waals surface area contributed by atoms with Crippen molar-refractivity contribution in [2.75, 3.05) is 6.54 Å². The van der Waals surface area contributed by atoms with Crippen LogP contribution in [0.3, 0.4) is 0 Å². The number of carbonyl (C=O) groups excluding carboxylic acids is 1. The SMILES string of the molecule is CC.CC(=O)N1CCc2c(cc(C)c(=O)n2C)C1. The molecular formula is C14H22N2O2. The lowest BCUT2D eigenvalue weighted by molar-refractivity contribution is -0.129.